The average Bonchev–Trinajstić information content (AvgIpc) is 2.92. The number of likely N-dealkylation sites (tertiary alicyclic amines) is 1. The maximum atomic E-state index is 12.9. The lowest BCUT2D eigenvalue weighted by molar-refractivity contribution is -0.0577. The van der Waals surface area contributed by atoms with Gasteiger partial charge in [0.15, 0.2) is 5.69 Å². The van der Waals surface area contributed by atoms with Crippen LogP contribution in [0.15, 0.2) is 24.3 Å². The second-order valence-electron chi connectivity index (χ2n) is 7.30. The first-order valence-electron chi connectivity index (χ1n) is 8.33. The SMILES string of the molecule is CC(C)C[C@H]1CN(C(=O)c2n[nH]c3ccccc23)CC[C@@]1(C)O. The van der Waals surface area contributed by atoms with Crippen molar-refractivity contribution < 1.29 is 9.90 Å². The first-order chi connectivity index (χ1) is 10.9. The van der Waals surface area contributed by atoms with Gasteiger partial charge in [-0.25, -0.2) is 0 Å². The Kier molecular flexibility index (Phi) is 4.15. The molecule has 0 spiro atoms. The van der Waals surface area contributed by atoms with Crippen LogP contribution in [-0.2, 0) is 0 Å². The number of para-hydroxylation sites is 1. The molecule has 1 saturated heterocycles. The van der Waals surface area contributed by atoms with Gasteiger partial charge in [0, 0.05) is 24.4 Å². The van der Waals surface area contributed by atoms with Gasteiger partial charge >= 0.3 is 0 Å². The molecule has 0 radical (unpaired) electrons. The van der Waals surface area contributed by atoms with E-state index < -0.39 is 5.60 Å². The van der Waals surface area contributed by atoms with E-state index in [1.165, 1.54) is 0 Å². The van der Waals surface area contributed by atoms with E-state index in [0.29, 0.717) is 31.1 Å². The Morgan fingerprint density at radius 2 is 2.22 bits per heavy atom. The molecule has 5 nitrogen and oxygen atoms in total. The van der Waals surface area contributed by atoms with Crippen molar-refractivity contribution >= 4 is 16.8 Å². The highest BCUT2D eigenvalue weighted by atomic mass is 16.3. The highest BCUT2D eigenvalue weighted by Gasteiger charge is 2.39. The number of hydrogen-bond acceptors (Lipinski definition) is 3. The van der Waals surface area contributed by atoms with Gasteiger partial charge in [0.05, 0.1) is 11.1 Å². The van der Waals surface area contributed by atoms with E-state index in [1.807, 2.05) is 36.1 Å². The van der Waals surface area contributed by atoms with Gasteiger partial charge in [-0.1, -0.05) is 32.0 Å². The third-order valence-corrected chi connectivity index (χ3v) is 4.92. The second kappa shape index (κ2) is 5.96. The molecule has 2 aromatic rings. The van der Waals surface area contributed by atoms with Gasteiger partial charge in [-0.05, 0) is 31.7 Å². The van der Waals surface area contributed by atoms with Crippen LogP contribution in [0.1, 0.15) is 44.1 Å². The molecule has 2 heterocycles. The van der Waals surface area contributed by atoms with E-state index in [2.05, 4.69) is 24.0 Å². The van der Waals surface area contributed by atoms with Crippen LogP contribution in [0.5, 0.6) is 0 Å². The van der Waals surface area contributed by atoms with Crippen LogP contribution in [-0.4, -0.2) is 44.8 Å². The van der Waals surface area contributed by atoms with E-state index >= 15 is 0 Å². The number of fused-ring (bicyclic) bond motifs is 1. The summed E-state index contributed by atoms with van der Waals surface area (Å²) < 4.78 is 0. The standard InChI is InChI=1S/C18H25N3O2/c1-12(2)10-13-11-21(9-8-18(13,3)23)17(22)16-14-6-4-5-7-15(14)19-20-16/h4-7,12-13,23H,8-11H2,1-3H3,(H,19,20)/t13-,18+/m0/s1. The predicted octanol–water partition coefficient (Wildman–Crippen LogP) is 2.82. The Morgan fingerprint density at radius 1 is 1.48 bits per heavy atom. The number of carbonyl (C=O) groups excluding carboxylic acids is 1. The van der Waals surface area contributed by atoms with Gasteiger partial charge in [0.25, 0.3) is 5.91 Å². The Labute approximate surface area is 136 Å². The summed E-state index contributed by atoms with van der Waals surface area (Å²) in [6, 6.07) is 7.67. The lowest BCUT2D eigenvalue weighted by Gasteiger charge is -2.43. The molecule has 1 aromatic carbocycles. The summed E-state index contributed by atoms with van der Waals surface area (Å²) in [5.74, 6) is 0.546. The third-order valence-electron chi connectivity index (χ3n) is 4.92. The summed E-state index contributed by atoms with van der Waals surface area (Å²) in [5.41, 5.74) is 0.651. The molecule has 1 amide bonds. The minimum absolute atomic E-state index is 0.0493. The monoisotopic (exact) mass is 315 g/mol. The number of hydrogen-bond donors (Lipinski definition) is 2. The fraction of sp³-hybridized carbons (Fsp3) is 0.556. The zero-order valence-electron chi connectivity index (χ0n) is 14.0. The number of benzene rings is 1. The summed E-state index contributed by atoms with van der Waals surface area (Å²) in [4.78, 5) is 14.7. The quantitative estimate of drug-likeness (QED) is 0.915. The van der Waals surface area contributed by atoms with Crippen LogP contribution in [0.4, 0.5) is 0 Å². The van der Waals surface area contributed by atoms with Crippen LogP contribution >= 0.6 is 0 Å². The number of amides is 1. The topological polar surface area (TPSA) is 69.2 Å². The summed E-state index contributed by atoms with van der Waals surface area (Å²) >= 11 is 0. The van der Waals surface area contributed by atoms with Crippen LogP contribution < -0.4 is 0 Å². The van der Waals surface area contributed by atoms with Crippen molar-refractivity contribution in [3.8, 4) is 0 Å². The number of nitrogens with one attached hydrogen (secondary N) is 1. The summed E-state index contributed by atoms with van der Waals surface area (Å²) in [5, 5.41) is 18.6. The van der Waals surface area contributed by atoms with Crippen molar-refractivity contribution in [2.75, 3.05) is 13.1 Å². The third kappa shape index (κ3) is 3.11. The Hall–Kier alpha value is -1.88. The number of aromatic nitrogens is 2. The average molecular weight is 315 g/mol. The van der Waals surface area contributed by atoms with Crippen LogP contribution in [0.3, 0.4) is 0 Å². The second-order valence-corrected chi connectivity index (χ2v) is 7.30. The highest BCUT2D eigenvalue weighted by Crippen LogP contribution is 2.33. The largest absolute Gasteiger partial charge is 0.390 e. The molecule has 2 atom stereocenters. The Balaban J connectivity index is 1.82. The normalized spacial score (nSPS) is 25.3. The molecular weight excluding hydrogens is 290 g/mol. The number of H-pyrrole nitrogens is 1. The number of piperidine rings is 1. The van der Waals surface area contributed by atoms with E-state index in [1.54, 1.807) is 0 Å². The minimum atomic E-state index is -0.700. The fourth-order valence-electron chi connectivity index (χ4n) is 3.48. The number of rotatable bonds is 3. The van der Waals surface area contributed by atoms with E-state index in [4.69, 9.17) is 0 Å². The van der Waals surface area contributed by atoms with Crippen molar-refractivity contribution in [3.05, 3.63) is 30.0 Å². The van der Waals surface area contributed by atoms with Gasteiger partial charge in [-0.2, -0.15) is 5.10 Å². The molecule has 124 valence electrons. The summed E-state index contributed by atoms with van der Waals surface area (Å²) in [6.45, 7) is 7.36. The number of nitrogens with zero attached hydrogens (tertiary/aromatic N) is 2. The molecule has 2 N–H and O–H groups in total. The number of carbonyl (C=O) groups is 1. The smallest absolute Gasteiger partial charge is 0.275 e. The van der Waals surface area contributed by atoms with Crippen molar-refractivity contribution in [3.63, 3.8) is 0 Å². The van der Waals surface area contributed by atoms with Gasteiger partial charge in [0.2, 0.25) is 0 Å². The van der Waals surface area contributed by atoms with E-state index in [0.717, 1.165) is 17.3 Å². The predicted molar refractivity (Wildman–Crippen MR) is 90.2 cm³/mol. The Morgan fingerprint density at radius 3 is 2.96 bits per heavy atom. The molecule has 5 heteroatoms. The van der Waals surface area contributed by atoms with E-state index in [-0.39, 0.29) is 11.8 Å². The molecular formula is C18H25N3O2. The first-order valence-corrected chi connectivity index (χ1v) is 8.33. The van der Waals surface area contributed by atoms with Crippen molar-refractivity contribution in [2.45, 2.75) is 39.2 Å². The zero-order valence-corrected chi connectivity index (χ0v) is 14.0. The molecule has 0 saturated carbocycles. The van der Waals surface area contributed by atoms with Crippen LogP contribution in [0.25, 0.3) is 10.9 Å². The Bertz CT molecular complexity index is 705. The molecule has 1 fully saturated rings. The number of aromatic amines is 1. The first kappa shape index (κ1) is 16.0. The molecule has 1 aliphatic heterocycles. The molecule has 23 heavy (non-hydrogen) atoms. The summed E-state index contributed by atoms with van der Waals surface area (Å²) in [6.07, 6.45) is 1.52. The minimum Gasteiger partial charge on any atom is -0.390 e. The zero-order chi connectivity index (χ0) is 16.6. The maximum absolute atomic E-state index is 12.9. The molecule has 0 bridgehead atoms. The lowest BCUT2D eigenvalue weighted by Crippen LogP contribution is -2.52. The summed E-state index contributed by atoms with van der Waals surface area (Å²) in [7, 11) is 0. The fourth-order valence-corrected chi connectivity index (χ4v) is 3.48. The van der Waals surface area contributed by atoms with Crippen LogP contribution in [0.2, 0.25) is 0 Å². The van der Waals surface area contributed by atoms with Gasteiger partial charge in [-0.3, -0.25) is 9.89 Å². The van der Waals surface area contributed by atoms with Gasteiger partial charge < -0.3 is 10.0 Å². The number of aliphatic hydroxyl groups is 1. The lowest BCUT2D eigenvalue weighted by atomic mass is 9.78. The van der Waals surface area contributed by atoms with Crippen molar-refractivity contribution in [2.24, 2.45) is 11.8 Å². The molecule has 0 unspecified atom stereocenters. The highest BCUT2D eigenvalue weighted by molar-refractivity contribution is 6.04. The van der Waals surface area contributed by atoms with Crippen molar-refractivity contribution in [1.82, 2.24) is 15.1 Å². The van der Waals surface area contributed by atoms with Gasteiger partial charge in [0.1, 0.15) is 0 Å². The molecule has 3 rings (SSSR count). The van der Waals surface area contributed by atoms with Crippen LogP contribution in [0, 0.1) is 11.8 Å². The molecule has 0 aliphatic carbocycles. The van der Waals surface area contributed by atoms with E-state index in [9.17, 15) is 9.90 Å². The molecule has 1 aromatic heterocycles. The van der Waals surface area contributed by atoms with Crippen molar-refractivity contribution in [1.29, 1.82) is 0 Å². The molecule has 1 aliphatic rings. The maximum Gasteiger partial charge on any atom is 0.275 e. The van der Waals surface area contributed by atoms with Gasteiger partial charge in [-0.15, -0.1) is 0 Å².